The van der Waals surface area contributed by atoms with Crippen LogP contribution in [0, 0.1) is 5.92 Å². The van der Waals surface area contributed by atoms with Crippen LogP contribution in [0.3, 0.4) is 0 Å². The van der Waals surface area contributed by atoms with Gasteiger partial charge in [-0.25, -0.2) is 8.42 Å². The van der Waals surface area contributed by atoms with Gasteiger partial charge < -0.3 is 10.2 Å². The molecule has 32 heavy (non-hydrogen) atoms. The average molecular weight is 524 g/mol. The molecule has 7 nitrogen and oxygen atoms in total. The van der Waals surface area contributed by atoms with Crippen LogP contribution in [-0.4, -0.2) is 50.5 Å². The van der Waals surface area contributed by atoms with E-state index >= 15 is 0 Å². The first-order valence-electron chi connectivity index (χ1n) is 10.3. The summed E-state index contributed by atoms with van der Waals surface area (Å²) in [5.41, 5.74) is 1.21. The van der Waals surface area contributed by atoms with Crippen molar-refractivity contribution < 1.29 is 18.0 Å². The third-order valence-electron chi connectivity index (χ3n) is 4.82. The molecule has 2 rings (SSSR count). The SMILES string of the molecule is CC(C)CNC(=O)C(C)N(Cc1ccccc1)C(=O)CN(c1cccc(Br)c1)S(C)(=O)=O. The average Bonchev–Trinajstić information content (AvgIpc) is 2.73. The number of benzene rings is 2. The number of amides is 2. The smallest absolute Gasteiger partial charge is 0.244 e. The number of hydrogen-bond acceptors (Lipinski definition) is 4. The molecule has 0 saturated carbocycles. The summed E-state index contributed by atoms with van der Waals surface area (Å²) in [6.45, 7) is 5.89. The second-order valence-corrected chi connectivity index (χ2v) is 10.9. The summed E-state index contributed by atoms with van der Waals surface area (Å²) >= 11 is 3.34. The highest BCUT2D eigenvalue weighted by Gasteiger charge is 2.30. The lowest BCUT2D eigenvalue weighted by molar-refractivity contribution is -0.139. The molecular formula is C23H30BrN3O4S. The van der Waals surface area contributed by atoms with Crippen LogP contribution in [-0.2, 0) is 26.2 Å². The van der Waals surface area contributed by atoms with E-state index in [-0.39, 0.29) is 18.4 Å². The number of carbonyl (C=O) groups is 2. The number of carbonyl (C=O) groups excluding carboxylic acids is 2. The second kappa shape index (κ2) is 11.5. The van der Waals surface area contributed by atoms with Crippen LogP contribution < -0.4 is 9.62 Å². The Morgan fingerprint density at radius 2 is 1.69 bits per heavy atom. The van der Waals surface area contributed by atoms with Gasteiger partial charge in [0.15, 0.2) is 0 Å². The van der Waals surface area contributed by atoms with Crippen molar-refractivity contribution in [1.29, 1.82) is 0 Å². The Balaban J connectivity index is 2.33. The lowest BCUT2D eigenvalue weighted by Crippen LogP contribution is -2.51. The second-order valence-electron chi connectivity index (χ2n) is 8.07. The molecule has 0 aliphatic carbocycles. The molecular weight excluding hydrogens is 494 g/mol. The minimum absolute atomic E-state index is 0.187. The van der Waals surface area contributed by atoms with Crippen LogP contribution in [0.25, 0.3) is 0 Å². The Morgan fingerprint density at radius 1 is 1.03 bits per heavy atom. The van der Waals surface area contributed by atoms with Crippen molar-refractivity contribution in [3.63, 3.8) is 0 Å². The van der Waals surface area contributed by atoms with Crippen molar-refractivity contribution in [3.8, 4) is 0 Å². The Morgan fingerprint density at radius 3 is 2.25 bits per heavy atom. The number of nitrogens with one attached hydrogen (secondary N) is 1. The van der Waals surface area contributed by atoms with E-state index in [0.29, 0.717) is 16.7 Å². The normalized spacial score (nSPS) is 12.3. The largest absolute Gasteiger partial charge is 0.354 e. The van der Waals surface area contributed by atoms with Crippen LogP contribution in [0.1, 0.15) is 26.3 Å². The molecule has 0 aliphatic rings. The molecule has 2 aromatic carbocycles. The minimum atomic E-state index is -3.74. The molecule has 0 saturated heterocycles. The number of rotatable bonds is 10. The molecule has 9 heteroatoms. The third-order valence-corrected chi connectivity index (χ3v) is 6.46. The lowest BCUT2D eigenvalue weighted by Gasteiger charge is -2.31. The molecule has 0 spiro atoms. The quantitative estimate of drug-likeness (QED) is 0.516. The van der Waals surface area contributed by atoms with Gasteiger partial charge >= 0.3 is 0 Å². The van der Waals surface area contributed by atoms with Crippen LogP contribution in [0.4, 0.5) is 5.69 Å². The van der Waals surface area contributed by atoms with Gasteiger partial charge in [0, 0.05) is 17.6 Å². The maximum Gasteiger partial charge on any atom is 0.244 e. The van der Waals surface area contributed by atoms with Gasteiger partial charge in [-0.3, -0.25) is 13.9 Å². The monoisotopic (exact) mass is 523 g/mol. The fourth-order valence-corrected chi connectivity index (χ4v) is 4.29. The van der Waals surface area contributed by atoms with E-state index in [0.717, 1.165) is 16.1 Å². The highest BCUT2D eigenvalue weighted by Crippen LogP contribution is 2.23. The van der Waals surface area contributed by atoms with E-state index in [2.05, 4.69) is 21.2 Å². The summed E-state index contributed by atoms with van der Waals surface area (Å²) in [6.07, 6.45) is 1.06. The number of halogens is 1. The van der Waals surface area contributed by atoms with E-state index in [4.69, 9.17) is 0 Å². The Kier molecular flexibility index (Phi) is 9.27. The Labute approximate surface area is 199 Å². The lowest BCUT2D eigenvalue weighted by atomic mass is 10.1. The van der Waals surface area contributed by atoms with Crippen LogP contribution in [0.5, 0.6) is 0 Å². The fourth-order valence-electron chi connectivity index (χ4n) is 3.06. The number of sulfonamides is 1. The molecule has 0 aliphatic heterocycles. The Bertz CT molecular complexity index is 1030. The summed E-state index contributed by atoms with van der Waals surface area (Å²) in [5.74, 6) is -0.482. The predicted molar refractivity (Wildman–Crippen MR) is 131 cm³/mol. The van der Waals surface area contributed by atoms with Crippen molar-refractivity contribution >= 4 is 43.5 Å². The molecule has 0 heterocycles. The molecule has 0 radical (unpaired) electrons. The van der Waals surface area contributed by atoms with Crippen molar-refractivity contribution in [3.05, 3.63) is 64.6 Å². The summed E-state index contributed by atoms with van der Waals surface area (Å²) < 4.78 is 26.7. The third kappa shape index (κ3) is 7.63. The van der Waals surface area contributed by atoms with Gasteiger partial charge in [-0.2, -0.15) is 0 Å². The maximum absolute atomic E-state index is 13.4. The molecule has 2 aromatic rings. The van der Waals surface area contributed by atoms with Gasteiger partial charge in [-0.1, -0.05) is 66.2 Å². The number of hydrogen-bond donors (Lipinski definition) is 1. The van der Waals surface area contributed by atoms with Crippen molar-refractivity contribution in [1.82, 2.24) is 10.2 Å². The number of anilines is 1. The van der Waals surface area contributed by atoms with Crippen molar-refractivity contribution in [2.24, 2.45) is 5.92 Å². The zero-order valence-corrected chi connectivity index (χ0v) is 21.2. The van der Waals surface area contributed by atoms with Gasteiger partial charge in [0.2, 0.25) is 21.8 Å². The standard InChI is InChI=1S/C23H30BrN3O4S/c1-17(2)14-25-23(29)18(3)26(15-19-9-6-5-7-10-19)22(28)16-27(32(4,30)31)21-12-8-11-20(24)13-21/h5-13,17-18H,14-16H2,1-4H3,(H,25,29). The summed E-state index contributed by atoms with van der Waals surface area (Å²) in [5, 5.41) is 2.85. The molecule has 1 N–H and O–H groups in total. The van der Waals surface area contributed by atoms with E-state index in [1.807, 2.05) is 44.2 Å². The molecule has 174 valence electrons. The fraction of sp³-hybridized carbons (Fsp3) is 0.391. The van der Waals surface area contributed by atoms with Crippen molar-refractivity contribution in [2.45, 2.75) is 33.4 Å². The molecule has 0 aromatic heterocycles. The molecule has 2 amide bonds. The first kappa shape index (κ1) is 25.9. The minimum Gasteiger partial charge on any atom is -0.354 e. The molecule has 0 fully saturated rings. The van der Waals surface area contributed by atoms with E-state index < -0.39 is 28.5 Å². The molecule has 0 bridgehead atoms. The zero-order valence-electron chi connectivity index (χ0n) is 18.8. The van der Waals surface area contributed by atoms with Gasteiger partial charge in [0.25, 0.3) is 0 Å². The van der Waals surface area contributed by atoms with E-state index in [1.54, 1.807) is 31.2 Å². The summed E-state index contributed by atoms with van der Waals surface area (Å²) in [6, 6.07) is 15.3. The van der Waals surface area contributed by atoms with Gasteiger partial charge in [0.05, 0.1) is 11.9 Å². The van der Waals surface area contributed by atoms with E-state index in [9.17, 15) is 18.0 Å². The highest BCUT2D eigenvalue weighted by atomic mass is 79.9. The van der Waals surface area contributed by atoms with Gasteiger partial charge in [0.1, 0.15) is 12.6 Å². The van der Waals surface area contributed by atoms with Gasteiger partial charge in [-0.15, -0.1) is 0 Å². The Hall–Kier alpha value is -2.39. The first-order chi connectivity index (χ1) is 15.0. The highest BCUT2D eigenvalue weighted by molar-refractivity contribution is 9.10. The molecule has 1 unspecified atom stereocenters. The maximum atomic E-state index is 13.4. The van der Waals surface area contributed by atoms with Crippen molar-refractivity contribution in [2.75, 3.05) is 23.7 Å². The number of nitrogens with zero attached hydrogens (tertiary/aromatic N) is 2. The van der Waals surface area contributed by atoms with E-state index in [1.165, 1.54) is 4.90 Å². The van der Waals surface area contributed by atoms with Crippen LogP contribution >= 0.6 is 15.9 Å². The summed E-state index contributed by atoms with van der Waals surface area (Å²) in [7, 11) is -3.74. The van der Waals surface area contributed by atoms with Gasteiger partial charge in [-0.05, 0) is 36.6 Å². The first-order valence-corrected chi connectivity index (χ1v) is 13.0. The molecule has 1 atom stereocenters. The van der Waals surface area contributed by atoms with Crippen LogP contribution in [0.15, 0.2) is 59.1 Å². The predicted octanol–water partition coefficient (Wildman–Crippen LogP) is 3.40. The van der Waals surface area contributed by atoms with Crippen LogP contribution in [0.2, 0.25) is 0 Å². The summed E-state index contributed by atoms with van der Waals surface area (Å²) in [4.78, 5) is 27.5. The topological polar surface area (TPSA) is 86.8 Å². The zero-order chi connectivity index (χ0) is 23.9.